The van der Waals surface area contributed by atoms with Gasteiger partial charge < -0.3 is 10.6 Å². The minimum absolute atomic E-state index is 0.718. The molecule has 0 aliphatic carbocycles. The molecule has 0 radical (unpaired) electrons. The summed E-state index contributed by atoms with van der Waals surface area (Å²) in [6.45, 7) is 6.03. The molecule has 4 heterocycles. The standard InChI is InChI=1S/C14H14N4.C11H16N2/c1-15-14-6-12-5-10(3-4-11(12)7-16-14)13-8-17-18(2)9-13;1-2-10-3-4-11(13-10)9-5-7-12-8-6-9/h3-9H,1-2H3,(H,15,16);2-3,9,12H,1,4-8H2. The third kappa shape index (κ3) is 5.09. The molecule has 2 aliphatic heterocycles. The van der Waals surface area contributed by atoms with E-state index in [0.29, 0.717) is 0 Å². The average molecular weight is 415 g/mol. The molecule has 160 valence electrons. The number of pyridine rings is 1. The molecule has 0 saturated carbocycles. The number of benzene rings is 1. The number of hydrogen-bond acceptors (Lipinski definition) is 5. The van der Waals surface area contributed by atoms with Crippen LogP contribution in [0.3, 0.4) is 0 Å². The molecule has 0 amide bonds. The summed E-state index contributed by atoms with van der Waals surface area (Å²) in [5, 5.41) is 12.9. The van der Waals surface area contributed by atoms with Crippen molar-refractivity contribution in [3.8, 4) is 11.1 Å². The summed E-state index contributed by atoms with van der Waals surface area (Å²) in [4.78, 5) is 8.87. The number of aromatic nitrogens is 3. The normalized spacial score (nSPS) is 16.3. The molecule has 1 saturated heterocycles. The molecule has 3 aromatic rings. The lowest BCUT2D eigenvalue weighted by Gasteiger charge is -2.22. The van der Waals surface area contributed by atoms with Crippen molar-refractivity contribution in [1.29, 1.82) is 0 Å². The lowest BCUT2D eigenvalue weighted by atomic mass is 9.92. The van der Waals surface area contributed by atoms with Crippen molar-refractivity contribution in [2.45, 2.75) is 19.3 Å². The van der Waals surface area contributed by atoms with E-state index < -0.39 is 0 Å². The van der Waals surface area contributed by atoms with Gasteiger partial charge >= 0.3 is 0 Å². The van der Waals surface area contributed by atoms with Gasteiger partial charge in [0.25, 0.3) is 0 Å². The van der Waals surface area contributed by atoms with E-state index >= 15 is 0 Å². The largest absolute Gasteiger partial charge is 0.373 e. The summed E-state index contributed by atoms with van der Waals surface area (Å²) in [6, 6.07) is 8.40. The summed E-state index contributed by atoms with van der Waals surface area (Å²) in [5.41, 5.74) is 4.73. The third-order valence-electron chi connectivity index (χ3n) is 5.83. The second-order valence-corrected chi connectivity index (χ2v) is 7.95. The number of allylic oxidation sites excluding steroid dienone is 2. The van der Waals surface area contributed by atoms with Crippen LogP contribution in [-0.4, -0.2) is 40.6 Å². The molecule has 5 rings (SSSR count). The van der Waals surface area contributed by atoms with Gasteiger partial charge in [0.1, 0.15) is 5.82 Å². The lowest BCUT2D eigenvalue weighted by Crippen LogP contribution is -2.31. The maximum atomic E-state index is 4.56. The molecule has 0 atom stereocenters. The van der Waals surface area contributed by atoms with Gasteiger partial charge in [-0.3, -0.25) is 9.67 Å². The van der Waals surface area contributed by atoms with Gasteiger partial charge in [0.2, 0.25) is 0 Å². The number of aryl methyl sites for hydroxylation is 1. The highest BCUT2D eigenvalue weighted by Gasteiger charge is 2.20. The van der Waals surface area contributed by atoms with Crippen molar-refractivity contribution < 1.29 is 0 Å². The Morgan fingerprint density at radius 3 is 2.65 bits per heavy atom. The van der Waals surface area contributed by atoms with Crippen LogP contribution < -0.4 is 10.6 Å². The predicted molar refractivity (Wildman–Crippen MR) is 129 cm³/mol. The van der Waals surface area contributed by atoms with Crippen LogP contribution in [0.15, 0.2) is 72.3 Å². The topological polar surface area (TPSA) is 67.1 Å². The summed E-state index contributed by atoms with van der Waals surface area (Å²) in [6.07, 6.45) is 13.3. The molecular weight excluding hydrogens is 384 g/mol. The zero-order valence-electron chi connectivity index (χ0n) is 18.3. The molecular formula is C25H30N6. The van der Waals surface area contributed by atoms with Crippen LogP contribution in [0.5, 0.6) is 0 Å². The van der Waals surface area contributed by atoms with Crippen molar-refractivity contribution in [1.82, 2.24) is 20.1 Å². The van der Waals surface area contributed by atoms with Gasteiger partial charge in [0.15, 0.2) is 0 Å². The zero-order valence-corrected chi connectivity index (χ0v) is 18.3. The lowest BCUT2D eigenvalue weighted by molar-refractivity contribution is 0.454. The first kappa shape index (κ1) is 21.0. The van der Waals surface area contributed by atoms with Crippen molar-refractivity contribution >= 4 is 22.3 Å². The second-order valence-electron chi connectivity index (χ2n) is 7.95. The highest BCUT2D eigenvalue weighted by molar-refractivity contribution is 5.91. The first-order valence-electron chi connectivity index (χ1n) is 10.8. The number of rotatable bonds is 4. The zero-order chi connectivity index (χ0) is 21.6. The Kier molecular flexibility index (Phi) is 6.57. The number of fused-ring (bicyclic) bond motifs is 1. The summed E-state index contributed by atoms with van der Waals surface area (Å²) >= 11 is 0. The van der Waals surface area contributed by atoms with E-state index in [9.17, 15) is 0 Å². The van der Waals surface area contributed by atoms with Crippen LogP contribution in [0.1, 0.15) is 19.3 Å². The van der Waals surface area contributed by atoms with Gasteiger partial charge in [-0.1, -0.05) is 24.8 Å². The number of aliphatic imine (C=N–C) groups is 1. The highest BCUT2D eigenvalue weighted by atomic mass is 15.2. The fourth-order valence-electron chi connectivity index (χ4n) is 4.04. The van der Waals surface area contributed by atoms with E-state index in [1.165, 1.54) is 29.5 Å². The Morgan fingerprint density at radius 1 is 1.13 bits per heavy atom. The molecule has 31 heavy (non-hydrogen) atoms. The van der Waals surface area contributed by atoms with Crippen LogP contribution in [0, 0.1) is 5.92 Å². The van der Waals surface area contributed by atoms with Crippen LogP contribution >= 0.6 is 0 Å². The summed E-state index contributed by atoms with van der Waals surface area (Å²) in [7, 11) is 3.80. The summed E-state index contributed by atoms with van der Waals surface area (Å²) < 4.78 is 1.81. The maximum absolute atomic E-state index is 4.56. The van der Waals surface area contributed by atoms with Gasteiger partial charge in [-0.05, 0) is 55.1 Å². The highest BCUT2D eigenvalue weighted by Crippen LogP contribution is 2.25. The molecule has 2 aliphatic rings. The molecule has 1 aromatic carbocycles. The maximum Gasteiger partial charge on any atom is 0.126 e. The van der Waals surface area contributed by atoms with E-state index in [4.69, 9.17) is 0 Å². The van der Waals surface area contributed by atoms with Crippen molar-refractivity contribution in [3.05, 3.63) is 67.3 Å². The minimum atomic E-state index is 0.718. The molecule has 1 fully saturated rings. The van der Waals surface area contributed by atoms with Crippen molar-refractivity contribution in [3.63, 3.8) is 0 Å². The van der Waals surface area contributed by atoms with Crippen LogP contribution in [0.2, 0.25) is 0 Å². The first-order chi connectivity index (χ1) is 15.2. The van der Waals surface area contributed by atoms with E-state index in [2.05, 4.69) is 62.6 Å². The van der Waals surface area contributed by atoms with Gasteiger partial charge in [-0.2, -0.15) is 5.10 Å². The quantitative estimate of drug-likeness (QED) is 0.656. The fourth-order valence-corrected chi connectivity index (χ4v) is 4.04. The van der Waals surface area contributed by atoms with Crippen LogP contribution in [-0.2, 0) is 7.05 Å². The van der Waals surface area contributed by atoms with E-state index in [1.54, 1.807) is 0 Å². The van der Waals surface area contributed by atoms with Gasteiger partial charge in [-0.15, -0.1) is 0 Å². The van der Waals surface area contributed by atoms with Gasteiger partial charge in [0, 0.05) is 55.5 Å². The number of hydrogen-bond donors (Lipinski definition) is 2. The molecule has 0 bridgehead atoms. The number of nitrogens with one attached hydrogen (secondary N) is 2. The second kappa shape index (κ2) is 9.71. The number of nitrogens with zero attached hydrogens (tertiary/aromatic N) is 4. The molecule has 0 spiro atoms. The predicted octanol–water partition coefficient (Wildman–Crippen LogP) is 4.58. The van der Waals surface area contributed by atoms with Crippen LogP contribution in [0.25, 0.3) is 21.9 Å². The fraction of sp³-hybridized carbons (Fsp3) is 0.320. The molecule has 0 unspecified atom stereocenters. The Bertz CT molecular complexity index is 1120. The number of piperidine rings is 1. The molecule has 2 N–H and O–H groups in total. The smallest absolute Gasteiger partial charge is 0.126 e. The van der Waals surface area contributed by atoms with Crippen LogP contribution in [0.4, 0.5) is 5.82 Å². The first-order valence-corrected chi connectivity index (χ1v) is 10.8. The monoisotopic (exact) mass is 414 g/mol. The Balaban J connectivity index is 0.000000158. The van der Waals surface area contributed by atoms with Gasteiger partial charge in [-0.25, -0.2) is 4.98 Å². The minimum Gasteiger partial charge on any atom is -0.373 e. The Morgan fingerprint density at radius 2 is 1.97 bits per heavy atom. The van der Waals surface area contributed by atoms with E-state index in [0.717, 1.165) is 47.9 Å². The summed E-state index contributed by atoms with van der Waals surface area (Å²) in [5.74, 6) is 1.60. The van der Waals surface area contributed by atoms with Crippen molar-refractivity contribution in [2.75, 3.05) is 25.5 Å². The number of anilines is 1. The van der Waals surface area contributed by atoms with Crippen molar-refractivity contribution in [2.24, 2.45) is 18.0 Å². The van der Waals surface area contributed by atoms with Gasteiger partial charge in [0.05, 0.1) is 11.9 Å². The third-order valence-corrected chi connectivity index (χ3v) is 5.83. The molecule has 6 nitrogen and oxygen atoms in total. The SMILES string of the molecule is C=CC1=CCC(C2CCNCC2)=N1.CNc1cc2cc(-c3cnn(C)c3)ccc2cn1. The molecule has 2 aromatic heterocycles. The average Bonchev–Trinajstić information content (AvgIpc) is 3.48. The Hall–Kier alpha value is -3.25. The van der Waals surface area contributed by atoms with E-state index in [-0.39, 0.29) is 0 Å². The Labute approximate surface area is 183 Å². The molecule has 6 heteroatoms. The van der Waals surface area contributed by atoms with E-state index in [1.807, 2.05) is 43.4 Å².